The van der Waals surface area contributed by atoms with E-state index in [-0.39, 0.29) is 5.84 Å². The first-order chi connectivity index (χ1) is 10.1. The van der Waals surface area contributed by atoms with Crippen LogP contribution < -0.4 is 10.6 Å². The number of fused-ring (bicyclic) bond motifs is 1. The van der Waals surface area contributed by atoms with Gasteiger partial charge in [-0.15, -0.1) is 0 Å². The third-order valence-corrected chi connectivity index (χ3v) is 4.34. The number of nitrogens with one attached hydrogen (secondary N) is 1. The van der Waals surface area contributed by atoms with Gasteiger partial charge in [0.15, 0.2) is 0 Å². The summed E-state index contributed by atoms with van der Waals surface area (Å²) in [6.45, 7) is 5.27. The number of nitrogens with zero attached hydrogens (tertiary/aromatic N) is 1. The molecule has 2 aromatic carbocycles. The predicted molar refractivity (Wildman–Crippen MR) is 88.0 cm³/mol. The van der Waals surface area contributed by atoms with Crippen LogP contribution in [0.2, 0.25) is 0 Å². The summed E-state index contributed by atoms with van der Waals surface area (Å²) in [5.41, 5.74) is 11.6. The summed E-state index contributed by atoms with van der Waals surface area (Å²) >= 11 is 0. The number of anilines is 1. The zero-order chi connectivity index (χ0) is 15.0. The van der Waals surface area contributed by atoms with E-state index < -0.39 is 0 Å². The van der Waals surface area contributed by atoms with E-state index >= 15 is 0 Å². The first-order valence-electron chi connectivity index (χ1n) is 7.34. The van der Waals surface area contributed by atoms with Gasteiger partial charge in [0.05, 0.1) is 0 Å². The van der Waals surface area contributed by atoms with Gasteiger partial charge in [-0.2, -0.15) is 0 Å². The van der Waals surface area contributed by atoms with Crippen molar-refractivity contribution in [1.29, 1.82) is 5.41 Å². The molecule has 3 heteroatoms. The lowest BCUT2D eigenvalue weighted by molar-refractivity contribution is 0.671. The van der Waals surface area contributed by atoms with Crippen molar-refractivity contribution in [2.45, 2.75) is 32.9 Å². The van der Waals surface area contributed by atoms with Crippen LogP contribution in [0.1, 0.15) is 29.2 Å². The standard InChI is InChI=1S/C18H21N3/c1-12-9-15(18(19)20)7-8-16(12)11-21-13(2)10-14-5-3-4-6-17(14)21/h3-9,13H,10-11H2,1-2H3,(H3,19,20). The number of nitrogen functional groups attached to an aromatic ring is 1. The SMILES string of the molecule is Cc1cc(C(=N)N)ccc1CN1c2ccccc2CC1C. The average Bonchev–Trinajstić information content (AvgIpc) is 2.77. The minimum atomic E-state index is 0.129. The van der Waals surface area contributed by atoms with E-state index in [1.165, 1.54) is 22.4 Å². The molecule has 0 saturated heterocycles. The number of benzene rings is 2. The molecule has 108 valence electrons. The topological polar surface area (TPSA) is 53.1 Å². The van der Waals surface area contributed by atoms with Crippen molar-refractivity contribution in [2.75, 3.05) is 4.90 Å². The normalized spacial score (nSPS) is 16.9. The summed E-state index contributed by atoms with van der Waals surface area (Å²) in [5, 5.41) is 7.52. The molecule has 2 aromatic rings. The molecule has 0 saturated carbocycles. The molecule has 21 heavy (non-hydrogen) atoms. The number of nitrogens with two attached hydrogens (primary N) is 1. The van der Waals surface area contributed by atoms with Gasteiger partial charge >= 0.3 is 0 Å². The van der Waals surface area contributed by atoms with E-state index in [0.29, 0.717) is 6.04 Å². The summed E-state index contributed by atoms with van der Waals surface area (Å²) in [4.78, 5) is 2.46. The lowest BCUT2D eigenvalue weighted by Crippen LogP contribution is -2.29. The van der Waals surface area contributed by atoms with Crippen LogP contribution in [0.5, 0.6) is 0 Å². The van der Waals surface area contributed by atoms with Crippen molar-refractivity contribution in [3.8, 4) is 0 Å². The van der Waals surface area contributed by atoms with Crippen LogP contribution >= 0.6 is 0 Å². The Kier molecular flexibility index (Phi) is 3.42. The van der Waals surface area contributed by atoms with Crippen LogP contribution in [0, 0.1) is 12.3 Å². The maximum absolute atomic E-state index is 7.52. The number of hydrogen-bond donors (Lipinski definition) is 2. The second-order valence-corrected chi connectivity index (χ2v) is 5.86. The van der Waals surface area contributed by atoms with Crippen LogP contribution in [0.25, 0.3) is 0 Å². The van der Waals surface area contributed by atoms with E-state index in [4.69, 9.17) is 11.1 Å². The Bertz CT molecular complexity index is 691. The first kappa shape index (κ1) is 13.7. The molecule has 1 aliphatic rings. The third-order valence-electron chi connectivity index (χ3n) is 4.34. The quantitative estimate of drug-likeness (QED) is 0.669. The van der Waals surface area contributed by atoms with Gasteiger partial charge in [0.25, 0.3) is 0 Å². The molecule has 0 fully saturated rings. The molecule has 3 nitrogen and oxygen atoms in total. The average molecular weight is 279 g/mol. The molecule has 1 unspecified atom stereocenters. The number of para-hydroxylation sites is 1. The Morgan fingerprint density at radius 3 is 2.76 bits per heavy atom. The van der Waals surface area contributed by atoms with Crippen molar-refractivity contribution in [2.24, 2.45) is 5.73 Å². The van der Waals surface area contributed by atoms with Gasteiger partial charge in [-0.05, 0) is 49.1 Å². The zero-order valence-corrected chi connectivity index (χ0v) is 12.6. The minimum absolute atomic E-state index is 0.129. The van der Waals surface area contributed by atoms with E-state index in [2.05, 4.69) is 49.1 Å². The number of hydrogen-bond acceptors (Lipinski definition) is 2. The predicted octanol–water partition coefficient (Wildman–Crippen LogP) is 3.23. The Morgan fingerprint density at radius 2 is 2.05 bits per heavy atom. The maximum atomic E-state index is 7.52. The first-order valence-corrected chi connectivity index (χ1v) is 7.34. The third kappa shape index (κ3) is 2.51. The molecule has 0 aliphatic carbocycles. The van der Waals surface area contributed by atoms with Crippen molar-refractivity contribution in [3.63, 3.8) is 0 Å². The van der Waals surface area contributed by atoms with Crippen molar-refractivity contribution in [3.05, 3.63) is 64.7 Å². The fourth-order valence-electron chi connectivity index (χ4n) is 3.09. The molecule has 3 rings (SSSR count). The molecule has 0 aromatic heterocycles. The van der Waals surface area contributed by atoms with Gasteiger partial charge in [0.2, 0.25) is 0 Å². The van der Waals surface area contributed by atoms with Crippen molar-refractivity contribution >= 4 is 11.5 Å². The van der Waals surface area contributed by atoms with E-state index in [0.717, 1.165) is 18.5 Å². The second-order valence-electron chi connectivity index (χ2n) is 5.86. The minimum Gasteiger partial charge on any atom is -0.384 e. The van der Waals surface area contributed by atoms with Crippen LogP contribution in [0.3, 0.4) is 0 Å². The highest BCUT2D eigenvalue weighted by Crippen LogP contribution is 2.33. The van der Waals surface area contributed by atoms with Crippen LogP contribution in [-0.2, 0) is 13.0 Å². The van der Waals surface area contributed by atoms with Gasteiger partial charge in [0, 0.05) is 23.8 Å². The molecule has 1 aliphatic heterocycles. The van der Waals surface area contributed by atoms with Crippen molar-refractivity contribution in [1.82, 2.24) is 0 Å². The lowest BCUT2D eigenvalue weighted by atomic mass is 10.0. The molecule has 0 amide bonds. The Hall–Kier alpha value is -2.29. The van der Waals surface area contributed by atoms with E-state index in [1.807, 2.05) is 12.1 Å². The van der Waals surface area contributed by atoms with Crippen molar-refractivity contribution < 1.29 is 0 Å². The van der Waals surface area contributed by atoms with Gasteiger partial charge < -0.3 is 10.6 Å². The highest BCUT2D eigenvalue weighted by atomic mass is 15.2. The second kappa shape index (κ2) is 5.24. The summed E-state index contributed by atoms with van der Waals surface area (Å²) in [7, 11) is 0. The molecular formula is C18H21N3. The van der Waals surface area contributed by atoms with Gasteiger partial charge in [-0.1, -0.05) is 30.3 Å². The maximum Gasteiger partial charge on any atom is 0.122 e. The monoisotopic (exact) mass is 279 g/mol. The van der Waals surface area contributed by atoms with Gasteiger partial charge in [0.1, 0.15) is 5.84 Å². The van der Waals surface area contributed by atoms with Crippen LogP contribution in [-0.4, -0.2) is 11.9 Å². The number of rotatable bonds is 3. The summed E-state index contributed by atoms with van der Waals surface area (Å²) < 4.78 is 0. The summed E-state index contributed by atoms with van der Waals surface area (Å²) in [5.74, 6) is 0.129. The Morgan fingerprint density at radius 1 is 1.29 bits per heavy atom. The lowest BCUT2D eigenvalue weighted by Gasteiger charge is -2.26. The molecule has 1 heterocycles. The molecule has 3 N–H and O–H groups in total. The zero-order valence-electron chi connectivity index (χ0n) is 12.6. The number of aryl methyl sites for hydroxylation is 1. The molecular weight excluding hydrogens is 258 g/mol. The highest BCUT2D eigenvalue weighted by Gasteiger charge is 2.25. The fraction of sp³-hybridized carbons (Fsp3) is 0.278. The van der Waals surface area contributed by atoms with Gasteiger partial charge in [-0.3, -0.25) is 5.41 Å². The molecule has 0 spiro atoms. The Labute approximate surface area is 125 Å². The molecule has 0 bridgehead atoms. The number of amidine groups is 1. The van der Waals surface area contributed by atoms with Gasteiger partial charge in [-0.25, -0.2) is 0 Å². The van der Waals surface area contributed by atoms with E-state index in [1.54, 1.807) is 0 Å². The molecule has 1 atom stereocenters. The smallest absolute Gasteiger partial charge is 0.122 e. The largest absolute Gasteiger partial charge is 0.384 e. The fourth-order valence-corrected chi connectivity index (χ4v) is 3.09. The Balaban J connectivity index is 1.89. The highest BCUT2D eigenvalue weighted by molar-refractivity contribution is 5.95. The van der Waals surface area contributed by atoms with Crippen LogP contribution in [0.15, 0.2) is 42.5 Å². The van der Waals surface area contributed by atoms with E-state index in [9.17, 15) is 0 Å². The summed E-state index contributed by atoms with van der Waals surface area (Å²) in [6.07, 6.45) is 1.11. The molecule has 0 radical (unpaired) electrons. The summed E-state index contributed by atoms with van der Waals surface area (Å²) in [6, 6.07) is 15.2. The van der Waals surface area contributed by atoms with Crippen LogP contribution in [0.4, 0.5) is 5.69 Å².